The molecule has 0 amide bonds. The molecule has 0 fully saturated rings. The first-order chi connectivity index (χ1) is 3.18. The Hall–Kier alpha value is -0.730. The van der Waals surface area contributed by atoms with Gasteiger partial charge in [-0.2, -0.15) is 0 Å². The molecule has 0 heterocycles. The minimum atomic E-state index is -2.67. The van der Waals surface area contributed by atoms with Gasteiger partial charge in [-0.25, -0.2) is 8.78 Å². The lowest BCUT2D eigenvalue weighted by Gasteiger charge is -1.88. The number of nitrogens with one attached hydrogen (secondary N) is 1. The van der Waals surface area contributed by atoms with Crippen molar-refractivity contribution in [2.24, 2.45) is 0 Å². The van der Waals surface area contributed by atoms with Crippen molar-refractivity contribution in [3.63, 3.8) is 0 Å². The minimum Gasteiger partial charge on any atom is -0.299 e. The van der Waals surface area contributed by atoms with Crippen molar-refractivity contribution in [3.05, 3.63) is 12.7 Å². The van der Waals surface area contributed by atoms with Crippen LogP contribution in [0.2, 0.25) is 0 Å². The largest absolute Gasteiger partial charge is 0.299 e. The maximum atomic E-state index is 11.1. The van der Waals surface area contributed by atoms with Crippen LogP contribution in [0.4, 0.5) is 8.78 Å². The summed E-state index contributed by atoms with van der Waals surface area (Å²) >= 11 is 0. The number of hydrogen-bond acceptors (Lipinski definition) is 1. The first kappa shape index (κ1) is 6.27. The minimum absolute atomic E-state index is 0.722. The van der Waals surface area contributed by atoms with E-state index in [1.807, 2.05) is 0 Å². The van der Waals surface area contributed by atoms with Gasteiger partial charge in [0.15, 0.2) is 0 Å². The van der Waals surface area contributed by atoms with Gasteiger partial charge in [0.1, 0.15) is 0 Å². The van der Waals surface area contributed by atoms with Crippen LogP contribution in [-0.4, -0.2) is 12.1 Å². The zero-order valence-corrected chi connectivity index (χ0v) is 3.62. The predicted molar refractivity (Wildman–Crippen MR) is 23.9 cm³/mol. The molecule has 0 saturated carbocycles. The lowest BCUT2D eigenvalue weighted by molar-refractivity contribution is 0.226. The molecule has 0 saturated heterocycles. The monoisotopic (exact) mass is 105 g/mol. The molecule has 0 aromatic heterocycles. The van der Waals surface area contributed by atoms with Crippen LogP contribution in [0.5, 0.6) is 0 Å². The fraction of sp³-hybridized carbons (Fsp3) is 0.250. The molecule has 40 valence electrons. The molecule has 0 unspecified atom stereocenters. The molecular weight excluding hydrogens is 100 g/mol. The highest BCUT2D eigenvalue weighted by Gasteiger charge is 2.03. The fourth-order valence-electron chi connectivity index (χ4n) is 0.0891. The van der Waals surface area contributed by atoms with Crippen molar-refractivity contribution in [1.82, 2.24) is 0 Å². The van der Waals surface area contributed by atoms with Crippen LogP contribution in [0.1, 0.15) is 0 Å². The van der Waals surface area contributed by atoms with E-state index in [1.54, 1.807) is 0 Å². The highest BCUT2D eigenvalue weighted by atomic mass is 19.3. The van der Waals surface area contributed by atoms with Gasteiger partial charge in [-0.15, -0.1) is 0 Å². The summed E-state index contributed by atoms with van der Waals surface area (Å²) in [6.45, 7) is 2.98. The molecule has 0 spiro atoms. The second kappa shape index (κ2) is 2.44. The predicted octanol–water partition coefficient (Wildman–Crippen LogP) is 1.46. The highest BCUT2D eigenvalue weighted by molar-refractivity contribution is 5.94. The van der Waals surface area contributed by atoms with Crippen LogP contribution in [0.3, 0.4) is 0 Å². The number of halogens is 2. The Morgan fingerprint density at radius 3 is 2.14 bits per heavy atom. The van der Waals surface area contributed by atoms with Crippen LogP contribution in [0.25, 0.3) is 0 Å². The number of alkyl halides is 2. The van der Waals surface area contributed by atoms with Gasteiger partial charge in [0.05, 0.1) is 5.71 Å². The molecule has 0 radical (unpaired) electrons. The smallest absolute Gasteiger partial charge is 0.279 e. The summed E-state index contributed by atoms with van der Waals surface area (Å²) in [5.74, 6) is 0. The lowest BCUT2D eigenvalue weighted by atomic mass is 10.4. The summed E-state index contributed by atoms with van der Waals surface area (Å²) in [6.07, 6.45) is -1.84. The maximum Gasteiger partial charge on any atom is 0.279 e. The highest BCUT2D eigenvalue weighted by Crippen LogP contribution is 1.93. The molecule has 0 aromatic rings. The summed E-state index contributed by atoms with van der Waals surface area (Å²) in [4.78, 5) is 0. The van der Waals surface area contributed by atoms with E-state index in [4.69, 9.17) is 5.41 Å². The van der Waals surface area contributed by atoms with E-state index in [-0.39, 0.29) is 0 Å². The van der Waals surface area contributed by atoms with E-state index in [1.165, 1.54) is 0 Å². The van der Waals surface area contributed by atoms with Gasteiger partial charge in [-0.05, 0) is 6.08 Å². The van der Waals surface area contributed by atoms with Gasteiger partial charge >= 0.3 is 0 Å². The van der Waals surface area contributed by atoms with Crippen molar-refractivity contribution in [2.75, 3.05) is 0 Å². The molecule has 0 aliphatic heterocycles. The Morgan fingerprint density at radius 2 is 2.14 bits per heavy atom. The zero-order valence-electron chi connectivity index (χ0n) is 3.62. The molecule has 0 atom stereocenters. The Bertz CT molecular complexity index is 87.7. The third kappa shape index (κ3) is 2.03. The van der Waals surface area contributed by atoms with Crippen molar-refractivity contribution >= 4 is 5.71 Å². The molecule has 0 bridgehead atoms. The van der Waals surface area contributed by atoms with E-state index in [2.05, 4.69) is 6.58 Å². The first-order valence-corrected chi connectivity index (χ1v) is 1.67. The molecule has 0 aliphatic carbocycles. The Labute approximate surface area is 40.2 Å². The SMILES string of the molecule is C=CC(=N)C(F)F. The molecule has 1 N–H and O–H groups in total. The van der Waals surface area contributed by atoms with Gasteiger partial charge in [-0.1, -0.05) is 6.58 Å². The van der Waals surface area contributed by atoms with Crippen molar-refractivity contribution in [3.8, 4) is 0 Å². The van der Waals surface area contributed by atoms with Gasteiger partial charge in [-0.3, -0.25) is 5.41 Å². The third-order valence-electron chi connectivity index (χ3n) is 0.455. The van der Waals surface area contributed by atoms with Crippen molar-refractivity contribution in [1.29, 1.82) is 5.41 Å². The van der Waals surface area contributed by atoms with E-state index >= 15 is 0 Å². The van der Waals surface area contributed by atoms with Gasteiger partial charge in [0, 0.05) is 0 Å². The Balaban J connectivity index is 3.56. The molecule has 0 rings (SSSR count). The zero-order chi connectivity index (χ0) is 5.86. The van der Waals surface area contributed by atoms with Crippen LogP contribution in [0.15, 0.2) is 12.7 Å². The number of hydrogen-bond donors (Lipinski definition) is 1. The van der Waals surface area contributed by atoms with Crippen LogP contribution in [-0.2, 0) is 0 Å². The van der Waals surface area contributed by atoms with Gasteiger partial charge < -0.3 is 0 Å². The summed E-state index contributed by atoms with van der Waals surface area (Å²) in [7, 11) is 0. The Morgan fingerprint density at radius 1 is 1.71 bits per heavy atom. The van der Waals surface area contributed by atoms with Crippen LogP contribution < -0.4 is 0 Å². The quantitative estimate of drug-likeness (QED) is 0.514. The summed E-state index contributed by atoms with van der Waals surface area (Å²) < 4.78 is 22.3. The Kier molecular flexibility index (Phi) is 2.19. The number of rotatable bonds is 2. The van der Waals surface area contributed by atoms with E-state index in [0.29, 0.717) is 0 Å². The van der Waals surface area contributed by atoms with E-state index in [9.17, 15) is 8.78 Å². The lowest BCUT2D eigenvalue weighted by Crippen LogP contribution is -2.02. The third-order valence-corrected chi connectivity index (χ3v) is 0.455. The molecule has 0 aromatic carbocycles. The average molecular weight is 105 g/mol. The van der Waals surface area contributed by atoms with Crippen molar-refractivity contribution < 1.29 is 8.78 Å². The fourth-order valence-corrected chi connectivity index (χ4v) is 0.0891. The second-order valence-electron chi connectivity index (χ2n) is 0.960. The topological polar surface area (TPSA) is 23.9 Å². The van der Waals surface area contributed by atoms with Crippen LogP contribution >= 0.6 is 0 Å². The molecule has 1 nitrogen and oxygen atoms in total. The van der Waals surface area contributed by atoms with Gasteiger partial charge in [0.2, 0.25) is 0 Å². The molecular formula is C4H5F2N. The van der Waals surface area contributed by atoms with Gasteiger partial charge in [0.25, 0.3) is 6.43 Å². The standard InChI is InChI=1S/C4H5F2N/c1-2-3(7)4(5)6/h2,4,7H,1H2. The summed E-state index contributed by atoms with van der Waals surface area (Å²) in [6, 6.07) is 0. The second-order valence-corrected chi connectivity index (χ2v) is 0.960. The average Bonchev–Trinajstić information content (AvgIpc) is 1.65. The van der Waals surface area contributed by atoms with E-state index < -0.39 is 12.1 Å². The van der Waals surface area contributed by atoms with Crippen LogP contribution in [0, 0.1) is 5.41 Å². The maximum absolute atomic E-state index is 11.1. The number of allylic oxidation sites excluding steroid dienone is 1. The summed E-state index contributed by atoms with van der Waals surface area (Å²) in [5.41, 5.74) is -0.722. The molecule has 7 heavy (non-hydrogen) atoms. The summed E-state index contributed by atoms with van der Waals surface area (Å²) in [5, 5.41) is 6.32. The normalized spacial score (nSPS) is 9.00. The van der Waals surface area contributed by atoms with Crippen molar-refractivity contribution in [2.45, 2.75) is 6.43 Å². The molecule has 0 aliphatic rings. The molecule has 3 heteroatoms. The first-order valence-electron chi connectivity index (χ1n) is 1.67. The van der Waals surface area contributed by atoms with E-state index in [0.717, 1.165) is 6.08 Å².